The van der Waals surface area contributed by atoms with Crippen molar-refractivity contribution in [2.24, 2.45) is 12.0 Å². The predicted octanol–water partition coefficient (Wildman–Crippen LogP) is 3.98. The number of nitrogens with one attached hydrogen (secondary N) is 2. The number of rotatable bonds is 4. The summed E-state index contributed by atoms with van der Waals surface area (Å²) >= 11 is 0. The van der Waals surface area contributed by atoms with E-state index in [1.807, 2.05) is 37.1 Å². The number of carbonyl (C=O) groups is 2. The maximum Gasteiger partial charge on any atom is 0.280 e. The molecule has 212 valence electrons. The topological polar surface area (TPSA) is 117 Å². The number of aryl methyl sites for hydroxylation is 2. The molecule has 2 amide bonds. The molecular weight excluding hydrogens is 520 g/mol. The Hall–Kier alpha value is -4.67. The van der Waals surface area contributed by atoms with E-state index in [1.54, 1.807) is 23.0 Å². The van der Waals surface area contributed by atoms with Crippen LogP contribution in [0.3, 0.4) is 0 Å². The average molecular weight is 555 g/mol. The van der Waals surface area contributed by atoms with E-state index >= 15 is 0 Å². The van der Waals surface area contributed by atoms with Gasteiger partial charge in [-0.1, -0.05) is 12.6 Å². The van der Waals surface area contributed by atoms with Gasteiger partial charge in [0.15, 0.2) is 0 Å². The van der Waals surface area contributed by atoms with Crippen LogP contribution in [0.1, 0.15) is 41.7 Å². The monoisotopic (exact) mass is 554 g/mol. The molecule has 11 nitrogen and oxygen atoms in total. The third kappa shape index (κ3) is 5.15. The number of nitrogens with zero attached hydrogens (tertiary/aromatic N) is 6. The van der Waals surface area contributed by atoms with Crippen LogP contribution < -0.4 is 20.3 Å². The Kier molecular flexibility index (Phi) is 7.17. The molecule has 0 radical (unpaired) electrons. The van der Waals surface area contributed by atoms with Crippen molar-refractivity contribution < 1.29 is 14.3 Å². The number of aromatic nitrogens is 3. The lowest BCUT2D eigenvalue weighted by Gasteiger charge is -2.40. The van der Waals surface area contributed by atoms with Gasteiger partial charge in [0.05, 0.1) is 47.2 Å². The zero-order valence-corrected chi connectivity index (χ0v) is 23.4. The Bertz CT molecular complexity index is 1540. The maximum absolute atomic E-state index is 13.6. The molecule has 1 atom stereocenters. The van der Waals surface area contributed by atoms with Crippen molar-refractivity contribution in [3.05, 3.63) is 60.4 Å². The second-order valence-electron chi connectivity index (χ2n) is 10.6. The Morgan fingerprint density at radius 2 is 2.12 bits per heavy atom. The number of guanidine groups is 1. The number of aliphatic imine (C=N–C) groups is 1. The van der Waals surface area contributed by atoms with Crippen LogP contribution in [0, 0.1) is 6.92 Å². The van der Waals surface area contributed by atoms with E-state index in [2.05, 4.69) is 37.2 Å². The van der Waals surface area contributed by atoms with Crippen LogP contribution in [0.25, 0.3) is 11.3 Å². The van der Waals surface area contributed by atoms with Gasteiger partial charge >= 0.3 is 0 Å². The smallest absolute Gasteiger partial charge is 0.280 e. The number of benzene rings is 1. The summed E-state index contributed by atoms with van der Waals surface area (Å²) in [7, 11) is 1.84. The maximum atomic E-state index is 13.6. The molecule has 2 N–H and O–H groups in total. The van der Waals surface area contributed by atoms with Crippen LogP contribution in [0.4, 0.5) is 17.1 Å². The lowest BCUT2D eigenvalue weighted by Crippen LogP contribution is -2.53. The Balaban J connectivity index is 1.32. The number of anilines is 3. The van der Waals surface area contributed by atoms with Gasteiger partial charge < -0.3 is 25.2 Å². The number of pyridine rings is 1. The zero-order chi connectivity index (χ0) is 28.5. The molecule has 6 rings (SSSR count). The number of hydrogen-bond donors (Lipinski definition) is 2. The molecule has 0 spiro atoms. The minimum absolute atomic E-state index is 0.0423. The molecule has 1 saturated heterocycles. The highest BCUT2D eigenvalue weighted by molar-refractivity contribution is 6.21. The minimum Gasteiger partial charge on any atom is -0.477 e. The molecule has 0 aliphatic carbocycles. The molecule has 3 aliphatic rings. The first-order valence-electron chi connectivity index (χ1n) is 14.0. The highest BCUT2D eigenvalue weighted by atomic mass is 16.5. The van der Waals surface area contributed by atoms with Crippen molar-refractivity contribution in [2.45, 2.75) is 38.6 Å². The fourth-order valence-electron chi connectivity index (χ4n) is 5.55. The van der Waals surface area contributed by atoms with Crippen molar-refractivity contribution in [1.29, 1.82) is 0 Å². The van der Waals surface area contributed by atoms with Crippen LogP contribution in [0.5, 0.6) is 5.88 Å². The molecule has 3 aromatic rings. The molecule has 11 heteroatoms. The lowest BCUT2D eigenvalue weighted by atomic mass is 10.0. The third-order valence-electron chi connectivity index (χ3n) is 7.77. The first-order chi connectivity index (χ1) is 19.9. The number of para-hydroxylation sites is 1. The van der Waals surface area contributed by atoms with Crippen molar-refractivity contribution in [1.82, 2.24) is 19.7 Å². The van der Waals surface area contributed by atoms with Crippen molar-refractivity contribution >= 4 is 34.8 Å². The second kappa shape index (κ2) is 11.1. The SMILES string of the molecule is C=CC(=O)N1CCC1CNc1cccc2c1N1CCCCCOc3c(cnn3C)-c3cc(cc(C)n3)C(=O)/N=C/1N2. The zero-order valence-electron chi connectivity index (χ0n) is 23.4. The quantitative estimate of drug-likeness (QED) is 0.465. The van der Waals surface area contributed by atoms with E-state index < -0.39 is 0 Å². The van der Waals surface area contributed by atoms with Gasteiger partial charge in [-0.2, -0.15) is 10.1 Å². The fraction of sp³-hybridized carbons (Fsp3) is 0.367. The summed E-state index contributed by atoms with van der Waals surface area (Å²) in [4.78, 5) is 38.8. The van der Waals surface area contributed by atoms with Gasteiger partial charge in [0.25, 0.3) is 5.91 Å². The second-order valence-corrected chi connectivity index (χ2v) is 10.6. The highest BCUT2D eigenvalue weighted by Gasteiger charge is 2.32. The molecule has 1 fully saturated rings. The summed E-state index contributed by atoms with van der Waals surface area (Å²) in [6.07, 6.45) is 6.71. The van der Waals surface area contributed by atoms with Gasteiger partial charge in [-0.3, -0.25) is 14.6 Å². The molecule has 1 aromatic carbocycles. The largest absolute Gasteiger partial charge is 0.477 e. The number of carbonyl (C=O) groups excluding carboxylic acids is 2. The molecule has 0 saturated carbocycles. The van der Waals surface area contributed by atoms with Crippen molar-refractivity contribution in [3.8, 4) is 17.1 Å². The minimum atomic E-state index is -0.360. The number of fused-ring (bicyclic) bond motifs is 7. The number of ether oxygens (including phenoxy) is 1. The first-order valence-corrected chi connectivity index (χ1v) is 14.0. The Morgan fingerprint density at radius 3 is 2.93 bits per heavy atom. The van der Waals surface area contributed by atoms with Crippen LogP contribution in [-0.4, -0.2) is 69.7 Å². The van der Waals surface area contributed by atoms with Crippen LogP contribution in [0.2, 0.25) is 0 Å². The molecule has 41 heavy (non-hydrogen) atoms. The van der Waals surface area contributed by atoms with Crippen LogP contribution in [0.15, 0.2) is 54.2 Å². The summed E-state index contributed by atoms with van der Waals surface area (Å²) in [5, 5.41) is 11.3. The average Bonchev–Trinajstić information content (AvgIpc) is 3.48. The molecular formula is C30H34N8O3. The van der Waals surface area contributed by atoms with Gasteiger partial charge in [0.1, 0.15) is 0 Å². The summed E-state index contributed by atoms with van der Waals surface area (Å²) in [5.41, 5.74) is 5.27. The van der Waals surface area contributed by atoms with Crippen LogP contribution >= 0.6 is 0 Å². The van der Waals surface area contributed by atoms with Gasteiger partial charge in [-0.15, -0.1) is 0 Å². The molecule has 2 aromatic heterocycles. The summed E-state index contributed by atoms with van der Waals surface area (Å²) < 4.78 is 7.84. The lowest BCUT2D eigenvalue weighted by molar-refractivity contribution is -0.132. The fourth-order valence-corrected chi connectivity index (χ4v) is 5.55. The van der Waals surface area contributed by atoms with E-state index in [9.17, 15) is 9.59 Å². The number of likely N-dealkylation sites (tertiary alicyclic amines) is 1. The van der Waals surface area contributed by atoms with Crippen molar-refractivity contribution in [2.75, 3.05) is 41.8 Å². The molecule has 2 bridgehead atoms. The first kappa shape index (κ1) is 26.5. The summed E-state index contributed by atoms with van der Waals surface area (Å²) in [6.45, 7) is 8.07. The molecule has 5 heterocycles. The van der Waals surface area contributed by atoms with Crippen molar-refractivity contribution in [3.63, 3.8) is 0 Å². The molecule has 1 unspecified atom stereocenters. The number of amides is 2. The van der Waals surface area contributed by atoms with Gasteiger partial charge in [0, 0.05) is 37.9 Å². The Morgan fingerprint density at radius 1 is 1.24 bits per heavy atom. The normalized spacial score (nSPS) is 19.6. The van der Waals surface area contributed by atoms with Crippen LogP contribution in [-0.2, 0) is 11.8 Å². The van der Waals surface area contributed by atoms with Gasteiger partial charge in [-0.25, -0.2) is 4.68 Å². The van der Waals surface area contributed by atoms with E-state index in [0.29, 0.717) is 48.5 Å². The predicted molar refractivity (Wildman–Crippen MR) is 159 cm³/mol. The highest BCUT2D eigenvalue weighted by Crippen LogP contribution is 2.40. The van der Waals surface area contributed by atoms with E-state index in [4.69, 9.17) is 4.74 Å². The summed E-state index contributed by atoms with van der Waals surface area (Å²) in [5.74, 6) is 0.727. The Labute approximate surface area is 238 Å². The number of hydrogen-bond acceptors (Lipinski definition) is 8. The van der Waals surface area contributed by atoms with Gasteiger partial charge in [-0.05, 0) is 62.9 Å². The van der Waals surface area contributed by atoms with E-state index in [0.717, 1.165) is 54.9 Å². The summed E-state index contributed by atoms with van der Waals surface area (Å²) in [6, 6.07) is 9.60. The van der Waals surface area contributed by atoms with E-state index in [-0.39, 0.29) is 17.9 Å². The molecule has 3 aliphatic heterocycles. The standard InChI is InChI=1S/C30H34N8O3/c1-4-26(39)37-13-11-21(37)17-31-23-9-8-10-24-27(23)38-12-6-5-7-14-41-29-22(18-32-36(29)3)25-16-20(15-19(2)33-25)28(40)35-30(38)34-24/h4,8-10,15-16,18,21,31H,1,5-7,11-14,17H2,2-3H3,(H,34,35,40). The third-order valence-corrected chi connectivity index (χ3v) is 7.77. The van der Waals surface area contributed by atoms with Gasteiger partial charge in [0.2, 0.25) is 17.7 Å². The van der Waals surface area contributed by atoms with E-state index in [1.165, 1.54) is 6.08 Å².